The molecule has 3 nitrogen and oxygen atoms in total. The zero-order valence-corrected chi connectivity index (χ0v) is 14.5. The van der Waals surface area contributed by atoms with Crippen molar-refractivity contribution in [1.82, 2.24) is 0 Å². The average molecular weight is 326 g/mol. The third-order valence-electron chi connectivity index (χ3n) is 5.29. The molecule has 0 spiro atoms. The summed E-state index contributed by atoms with van der Waals surface area (Å²) in [6.07, 6.45) is 4.68. The van der Waals surface area contributed by atoms with E-state index in [4.69, 9.17) is 4.74 Å². The molecule has 2 aromatic carbocycles. The van der Waals surface area contributed by atoms with E-state index < -0.39 is 0 Å². The Balaban J connectivity index is 2.00. The van der Waals surface area contributed by atoms with Crippen molar-refractivity contribution in [3.8, 4) is 17.2 Å². The predicted octanol–water partition coefficient (Wildman–Crippen LogP) is 5.11. The SMILES string of the molecule is CCCCCC1c2ccc(O)cc2OCC1(C)c1ccc(O)cc1. The molecule has 0 aliphatic carbocycles. The van der Waals surface area contributed by atoms with Crippen LogP contribution in [0.2, 0.25) is 0 Å². The third kappa shape index (κ3) is 3.08. The van der Waals surface area contributed by atoms with Gasteiger partial charge in [0.2, 0.25) is 0 Å². The highest BCUT2D eigenvalue weighted by Gasteiger charge is 2.42. The summed E-state index contributed by atoms with van der Waals surface area (Å²) in [5.74, 6) is 1.66. The summed E-state index contributed by atoms with van der Waals surface area (Å²) in [7, 11) is 0. The molecule has 2 unspecified atom stereocenters. The molecule has 0 radical (unpaired) electrons. The van der Waals surface area contributed by atoms with E-state index in [0.29, 0.717) is 12.5 Å². The standard InChI is InChI=1S/C21H26O3/c1-3-4-5-6-19-18-12-11-17(23)13-20(18)24-14-21(19,2)15-7-9-16(22)10-8-15/h7-13,19,22-23H,3-6,14H2,1-2H3. The highest BCUT2D eigenvalue weighted by Crippen LogP contribution is 2.49. The molecular formula is C21H26O3. The lowest BCUT2D eigenvalue weighted by Gasteiger charge is -2.43. The van der Waals surface area contributed by atoms with Gasteiger partial charge in [0.05, 0.1) is 6.61 Å². The Morgan fingerprint density at radius 1 is 1.04 bits per heavy atom. The van der Waals surface area contributed by atoms with Crippen LogP contribution >= 0.6 is 0 Å². The molecule has 0 saturated heterocycles. The van der Waals surface area contributed by atoms with Gasteiger partial charge < -0.3 is 14.9 Å². The van der Waals surface area contributed by atoms with E-state index in [1.54, 1.807) is 24.3 Å². The van der Waals surface area contributed by atoms with Crippen LogP contribution in [-0.2, 0) is 5.41 Å². The highest BCUT2D eigenvalue weighted by molar-refractivity contribution is 5.48. The van der Waals surface area contributed by atoms with Crippen LogP contribution in [0.15, 0.2) is 42.5 Å². The van der Waals surface area contributed by atoms with E-state index in [1.165, 1.54) is 30.4 Å². The van der Waals surface area contributed by atoms with Gasteiger partial charge in [0.1, 0.15) is 17.2 Å². The van der Waals surface area contributed by atoms with Crippen molar-refractivity contribution in [1.29, 1.82) is 0 Å². The molecular weight excluding hydrogens is 300 g/mol. The van der Waals surface area contributed by atoms with E-state index in [9.17, 15) is 10.2 Å². The molecule has 1 heterocycles. The lowest BCUT2D eigenvalue weighted by atomic mass is 9.66. The van der Waals surface area contributed by atoms with Crippen molar-refractivity contribution in [2.24, 2.45) is 0 Å². The monoisotopic (exact) mass is 326 g/mol. The second kappa shape index (κ2) is 6.76. The summed E-state index contributed by atoms with van der Waals surface area (Å²) in [6.45, 7) is 5.03. The second-order valence-corrected chi connectivity index (χ2v) is 7.02. The summed E-state index contributed by atoms with van der Waals surface area (Å²) in [5.41, 5.74) is 2.21. The van der Waals surface area contributed by atoms with Gasteiger partial charge in [-0.1, -0.05) is 51.3 Å². The topological polar surface area (TPSA) is 49.7 Å². The van der Waals surface area contributed by atoms with E-state index in [0.717, 1.165) is 12.2 Å². The summed E-state index contributed by atoms with van der Waals surface area (Å²) in [6, 6.07) is 13.0. The minimum Gasteiger partial charge on any atom is -0.508 e. The lowest BCUT2D eigenvalue weighted by molar-refractivity contribution is 0.162. The van der Waals surface area contributed by atoms with Gasteiger partial charge in [-0.15, -0.1) is 0 Å². The van der Waals surface area contributed by atoms with Crippen LogP contribution in [-0.4, -0.2) is 16.8 Å². The summed E-state index contributed by atoms with van der Waals surface area (Å²) in [4.78, 5) is 0. The first-order chi connectivity index (χ1) is 11.5. The zero-order valence-electron chi connectivity index (χ0n) is 14.5. The average Bonchev–Trinajstić information content (AvgIpc) is 2.57. The fourth-order valence-corrected chi connectivity index (χ4v) is 3.81. The van der Waals surface area contributed by atoms with Crippen molar-refractivity contribution >= 4 is 0 Å². The molecule has 2 atom stereocenters. The molecule has 0 bridgehead atoms. The van der Waals surface area contributed by atoms with E-state index in [1.807, 2.05) is 18.2 Å². The minimum absolute atomic E-state index is 0.147. The van der Waals surface area contributed by atoms with Crippen LogP contribution in [0.3, 0.4) is 0 Å². The molecule has 128 valence electrons. The van der Waals surface area contributed by atoms with Crippen LogP contribution in [0.4, 0.5) is 0 Å². The predicted molar refractivity (Wildman–Crippen MR) is 95.9 cm³/mol. The molecule has 2 N–H and O–H groups in total. The van der Waals surface area contributed by atoms with Crippen molar-refractivity contribution in [2.75, 3.05) is 6.61 Å². The minimum atomic E-state index is -0.147. The number of phenols is 2. The van der Waals surface area contributed by atoms with Crippen LogP contribution in [0.1, 0.15) is 56.6 Å². The van der Waals surface area contributed by atoms with Crippen molar-refractivity contribution in [2.45, 2.75) is 50.9 Å². The van der Waals surface area contributed by atoms with Gasteiger partial charge in [-0.2, -0.15) is 0 Å². The quantitative estimate of drug-likeness (QED) is 0.750. The summed E-state index contributed by atoms with van der Waals surface area (Å²) >= 11 is 0. The van der Waals surface area contributed by atoms with E-state index in [-0.39, 0.29) is 16.9 Å². The number of aromatic hydroxyl groups is 2. The van der Waals surface area contributed by atoms with Crippen molar-refractivity contribution in [3.05, 3.63) is 53.6 Å². The first kappa shape index (κ1) is 16.7. The third-order valence-corrected chi connectivity index (χ3v) is 5.29. The van der Waals surface area contributed by atoms with Crippen molar-refractivity contribution in [3.63, 3.8) is 0 Å². The number of ether oxygens (including phenoxy) is 1. The van der Waals surface area contributed by atoms with Gasteiger partial charge >= 0.3 is 0 Å². The Morgan fingerprint density at radius 3 is 2.46 bits per heavy atom. The van der Waals surface area contributed by atoms with Gasteiger partial charge in [0.15, 0.2) is 0 Å². The lowest BCUT2D eigenvalue weighted by Crippen LogP contribution is -2.40. The molecule has 0 saturated carbocycles. The maximum Gasteiger partial charge on any atom is 0.126 e. The maximum atomic E-state index is 9.76. The smallest absolute Gasteiger partial charge is 0.126 e. The number of phenolic OH excluding ortho intramolecular Hbond substituents is 2. The first-order valence-electron chi connectivity index (χ1n) is 8.80. The van der Waals surface area contributed by atoms with E-state index >= 15 is 0 Å². The van der Waals surface area contributed by atoms with Crippen LogP contribution in [0.5, 0.6) is 17.2 Å². The molecule has 1 aliphatic rings. The van der Waals surface area contributed by atoms with Crippen LogP contribution in [0, 0.1) is 0 Å². The molecule has 3 heteroatoms. The van der Waals surface area contributed by atoms with Crippen molar-refractivity contribution < 1.29 is 14.9 Å². The van der Waals surface area contributed by atoms with Crippen LogP contribution < -0.4 is 4.74 Å². The van der Waals surface area contributed by atoms with E-state index in [2.05, 4.69) is 13.8 Å². The normalized spacial score (nSPS) is 22.7. The fraction of sp³-hybridized carbons (Fsp3) is 0.429. The van der Waals surface area contributed by atoms with Gasteiger partial charge in [-0.25, -0.2) is 0 Å². The highest BCUT2D eigenvalue weighted by atomic mass is 16.5. The van der Waals surface area contributed by atoms with Crippen LogP contribution in [0.25, 0.3) is 0 Å². The number of unbranched alkanes of at least 4 members (excludes halogenated alkanes) is 2. The van der Waals surface area contributed by atoms with Gasteiger partial charge in [0, 0.05) is 17.4 Å². The number of benzene rings is 2. The molecule has 2 aromatic rings. The summed E-state index contributed by atoms with van der Waals surface area (Å²) in [5, 5.41) is 19.4. The first-order valence-corrected chi connectivity index (χ1v) is 8.80. The Hall–Kier alpha value is -2.16. The number of hydrogen-bond donors (Lipinski definition) is 2. The largest absolute Gasteiger partial charge is 0.508 e. The fourth-order valence-electron chi connectivity index (χ4n) is 3.81. The maximum absolute atomic E-state index is 9.76. The molecule has 0 fully saturated rings. The Kier molecular flexibility index (Phi) is 4.70. The number of rotatable bonds is 5. The molecule has 0 aromatic heterocycles. The molecule has 3 rings (SSSR count). The number of hydrogen-bond acceptors (Lipinski definition) is 3. The Labute approximate surface area is 143 Å². The second-order valence-electron chi connectivity index (χ2n) is 7.02. The molecule has 24 heavy (non-hydrogen) atoms. The van der Waals surface area contributed by atoms with Gasteiger partial charge in [-0.05, 0) is 35.7 Å². The molecule has 1 aliphatic heterocycles. The zero-order chi connectivity index (χ0) is 17.2. The molecule has 0 amide bonds. The van der Waals surface area contributed by atoms with Gasteiger partial charge in [0.25, 0.3) is 0 Å². The Bertz CT molecular complexity index is 693. The van der Waals surface area contributed by atoms with Gasteiger partial charge in [-0.3, -0.25) is 0 Å². The number of fused-ring (bicyclic) bond motifs is 1. The Morgan fingerprint density at radius 2 is 1.75 bits per heavy atom. The summed E-state index contributed by atoms with van der Waals surface area (Å²) < 4.78 is 6.02.